The molecule has 10 heteroatoms. The van der Waals surface area contributed by atoms with E-state index in [2.05, 4.69) is 5.43 Å². The Bertz CT molecular complexity index is 808. The van der Waals surface area contributed by atoms with Crippen LogP contribution in [0.15, 0.2) is 23.9 Å². The fourth-order valence-corrected chi connectivity index (χ4v) is 3.78. The van der Waals surface area contributed by atoms with Gasteiger partial charge >= 0.3 is 6.18 Å². The van der Waals surface area contributed by atoms with Crippen LogP contribution in [0, 0.1) is 5.82 Å². The predicted octanol–water partition coefficient (Wildman–Crippen LogP) is 3.66. The molecule has 146 valence electrons. The first-order valence-electron chi connectivity index (χ1n) is 8.50. The molecule has 5 nitrogen and oxygen atoms in total. The molecule has 0 bridgehead atoms. The molecule has 1 saturated heterocycles. The quantitative estimate of drug-likeness (QED) is 0.763. The summed E-state index contributed by atoms with van der Waals surface area (Å²) in [4.78, 5) is 13.4. The third-order valence-corrected chi connectivity index (χ3v) is 5.12. The molecule has 2 unspecified atom stereocenters. The molecule has 0 aliphatic carbocycles. The van der Waals surface area contributed by atoms with E-state index in [9.17, 15) is 22.4 Å². The van der Waals surface area contributed by atoms with Gasteiger partial charge in [0.25, 0.3) is 5.91 Å². The maximum atomic E-state index is 14.0. The second-order valence-electron chi connectivity index (χ2n) is 6.71. The van der Waals surface area contributed by atoms with Gasteiger partial charge in [-0.15, -0.1) is 0 Å². The summed E-state index contributed by atoms with van der Waals surface area (Å²) in [5, 5.41) is 1.25. The van der Waals surface area contributed by atoms with Crippen LogP contribution in [-0.4, -0.2) is 36.5 Å². The number of nitrogens with one attached hydrogen (secondary N) is 1. The lowest BCUT2D eigenvalue weighted by Gasteiger charge is -2.35. The first-order chi connectivity index (χ1) is 12.7. The largest absolute Gasteiger partial charge is 0.406 e. The number of hydrogen-bond donors (Lipinski definition) is 1. The van der Waals surface area contributed by atoms with Crippen molar-refractivity contribution >= 4 is 23.2 Å². The van der Waals surface area contributed by atoms with Gasteiger partial charge in [-0.25, -0.2) is 9.82 Å². The summed E-state index contributed by atoms with van der Waals surface area (Å²) >= 11 is 5.76. The van der Waals surface area contributed by atoms with E-state index in [4.69, 9.17) is 16.3 Å². The number of rotatable bonds is 2. The molecule has 0 saturated carbocycles. The van der Waals surface area contributed by atoms with Gasteiger partial charge in [-0.3, -0.25) is 14.7 Å². The smallest absolute Gasteiger partial charge is 0.357 e. The lowest BCUT2D eigenvalue weighted by atomic mass is 9.92. The molecule has 1 aromatic carbocycles. The Hall–Kier alpha value is -1.84. The van der Waals surface area contributed by atoms with Crippen molar-refractivity contribution in [1.82, 2.24) is 10.4 Å². The van der Waals surface area contributed by atoms with E-state index in [1.54, 1.807) is 5.01 Å². The zero-order valence-corrected chi connectivity index (χ0v) is 14.8. The minimum Gasteiger partial charge on any atom is -0.357 e. The SMILES string of the molecule is O=C1C2=CN(C3CCCCO3)NC2c2cc(F)c(Cl)cc2N1CC(F)(F)F. The van der Waals surface area contributed by atoms with Gasteiger partial charge in [0.1, 0.15) is 18.6 Å². The summed E-state index contributed by atoms with van der Waals surface area (Å²) in [6, 6.07) is 1.38. The van der Waals surface area contributed by atoms with Crippen LogP contribution < -0.4 is 10.3 Å². The highest BCUT2D eigenvalue weighted by Gasteiger charge is 2.45. The first-order valence-corrected chi connectivity index (χ1v) is 8.88. The summed E-state index contributed by atoms with van der Waals surface area (Å²) in [7, 11) is 0. The number of carbonyl (C=O) groups is 1. The number of alkyl halides is 3. The fourth-order valence-electron chi connectivity index (χ4n) is 3.62. The topological polar surface area (TPSA) is 44.8 Å². The number of ether oxygens (including phenoxy) is 1. The fraction of sp³-hybridized carbons (Fsp3) is 0.471. The number of fused-ring (bicyclic) bond motifs is 3. The molecule has 2 atom stereocenters. The number of halogens is 5. The van der Waals surface area contributed by atoms with Crippen molar-refractivity contribution in [3.63, 3.8) is 0 Å². The number of hydrazine groups is 1. The number of hydrogen-bond acceptors (Lipinski definition) is 4. The summed E-state index contributed by atoms with van der Waals surface area (Å²) in [6.07, 6.45) is -0.908. The molecule has 1 aromatic rings. The van der Waals surface area contributed by atoms with E-state index in [0.717, 1.165) is 25.0 Å². The van der Waals surface area contributed by atoms with Crippen LogP contribution in [0.25, 0.3) is 0 Å². The number of amides is 1. The van der Waals surface area contributed by atoms with Crippen molar-refractivity contribution in [2.45, 2.75) is 37.7 Å². The lowest BCUT2D eigenvalue weighted by molar-refractivity contribution is -0.130. The molecule has 3 heterocycles. The van der Waals surface area contributed by atoms with Gasteiger partial charge in [0.15, 0.2) is 0 Å². The maximum Gasteiger partial charge on any atom is 0.406 e. The normalized spacial score (nSPS) is 25.4. The highest BCUT2D eigenvalue weighted by Crippen LogP contribution is 2.44. The van der Waals surface area contributed by atoms with E-state index < -0.39 is 30.5 Å². The number of benzene rings is 1. The molecule has 0 radical (unpaired) electrons. The van der Waals surface area contributed by atoms with Gasteiger partial charge in [0.05, 0.1) is 22.3 Å². The maximum absolute atomic E-state index is 14.0. The van der Waals surface area contributed by atoms with Gasteiger partial charge in [-0.1, -0.05) is 11.6 Å². The zero-order valence-electron chi connectivity index (χ0n) is 14.0. The van der Waals surface area contributed by atoms with Crippen LogP contribution in [-0.2, 0) is 9.53 Å². The number of anilines is 1. The van der Waals surface area contributed by atoms with Gasteiger partial charge in [-0.05, 0) is 31.4 Å². The molecule has 4 rings (SSSR count). The Kier molecular flexibility index (Phi) is 4.56. The van der Waals surface area contributed by atoms with Crippen molar-refractivity contribution in [3.05, 3.63) is 40.3 Å². The van der Waals surface area contributed by atoms with E-state index in [-0.39, 0.29) is 28.1 Å². The van der Waals surface area contributed by atoms with Crippen LogP contribution in [0.1, 0.15) is 30.9 Å². The Labute approximate surface area is 157 Å². The van der Waals surface area contributed by atoms with Crippen molar-refractivity contribution in [2.75, 3.05) is 18.1 Å². The molecule has 0 spiro atoms. The van der Waals surface area contributed by atoms with Crippen molar-refractivity contribution in [1.29, 1.82) is 0 Å². The van der Waals surface area contributed by atoms with Gasteiger partial charge < -0.3 is 4.74 Å². The van der Waals surface area contributed by atoms with Crippen molar-refractivity contribution < 1.29 is 27.1 Å². The molecule has 0 aromatic heterocycles. The molecular weight excluding hydrogens is 390 g/mol. The van der Waals surface area contributed by atoms with Crippen LogP contribution in [0.3, 0.4) is 0 Å². The van der Waals surface area contributed by atoms with Crippen LogP contribution >= 0.6 is 11.6 Å². The van der Waals surface area contributed by atoms with Gasteiger partial charge in [-0.2, -0.15) is 13.2 Å². The zero-order chi connectivity index (χ0) is 19.3. The number of nitrogens with zero attached hydrogens (tertiary/aromatic N) is 2. The average molecular weight is 406 g/mol. The molecule has 27 heavy (non-hydrogen) atoms. The Balaban J connectivity index is 1.75. The predicted molar refractivity (Wildman–Crippen MR) is 89.2 cm³/mol. The molecular formula is C17H16ClF4N3O2. The van der Waals surface area contributed by atoms with E-state index in [0.29, 0.717) is 17.9 Å². The Morgan fingerprint density at radius 2 is 2.07 bits per heavy atom. The molecule has 3 aliphatic heterocycles. The second-order valence-corrected chi connectivity index (χ2v) is 7.11. The van der Waals surface area contributed by atoms with E-state index in [1.807, 2.05) is 0 Å². The van der Waals surface area contributed by atoms with E-state index >= 15 is 0 Å². The molecule has 1 N–H and O–H groups in total. The van der Waals surface area contributed by atoms with Gasteiger partial charge in [0, 0.05) is 18.4 Å². The monoisotopic (exact) mass is 405 g/mol. The van der Waals surface area contributed by atoms with Crippen LogP contribution in [0.4, 0.5) is 23.2 Å². The Morgan fingerprint density at radius 1 is 1.30 bits per heavy atom. The Morgan fingerprint density at radius 3 is 2.74 bits per heavy atom. The number of carbonyl (C=O) groups excluding carboxylic acids is 1. The van der Waals surface area contributed by atoms with Crippen molar-refractivity contribution in [3.8, 4) is 0 Å². The van der Waals surface area contributed by atoms with Crippen molar-refractivity contribution in [2.24, 2.45) is 0 Å². The van der Waals surface area contributed by atoms with Gasteiger partial charge in [0.2, 0.25) is 0 Å². The standard InChI is InChI=1S/C17H16ClF4N3O2/c18-11-6-13-9(5-12(11)19)15-10(16(26)24(13)8-17(20,21)22)7-25(23-15)14-3-1-2-4-27-14/h5-7,14-15,23H,1-4,8H2. The average Bonchev–Trinajstić information content (AvgIpc) is 3.06. The van der Waals surface area contributed by atoms with Crippen LogP contribution in [0.2, 0.25) is 5.02 Å². The molecule has 3 aliphatic rings. The lowest BCUT2D eigenvalue weighted by Crippen LogP contribution is -2.46. The molecule has 1 amide bonds. The summed E-state index contributed by atoms with van der Waals surface area (Å²) in [5.41, 5.74) is 3.35. The van der Waals surface area contributed by atoms with E-state index in [1.165, 1.54) is 6.20 Å². The summed E-state index contributed by atoms with van der Waals surface area (Å²) < 4.78 is 58.8. The van der Waals surface area contributed by atoms with Crippen LogP contribution in [0.5, 0.6) is 0 Å². The summed E-state index contributed by atoms with van der Waals surface area (Å²) in [6.45, 7) is -0.920. The third-order valence-electron chi connectivity index (χ3n) is 4.83. The minimum atomic E-state index is -4.61. The summed E-state index contributed by atoms with van der Waals surface area (Å²) in [5.74, 6) is -1.55. The molecule has 1 fully saturated rings. The highest BCUT2D eigenvalue weighted by atomic mass is 35.5. The second kappa shape index (κ2) is 6.65. The highest BCUT2D eigenvalue weighted by molar-refractivity contribution is 6.31. The third kappa shape index (κ3) is 3.39. The minimum absolute atomic E-state index is 0.0511. The first kappa shape index (κ1) is 18.5.